The van der Waals surface area contributed by atoms with Crippen molar-refractivity contribution in [1.29, 1.82) is 0 Å². The van der Waals surface area contributed by atoms with Crippen LogP contribution in [0.5, 0.6) is 0 Å². The number of aldehydes is 1. The lowest BCUT2D eigenvalue weighted by Crippen LogP contribution is -2.02. The summed E-state index contributed by atoms with van der Waals surface area (Å²) in [5, 5.41) is 0. The van der Waals surface area contributed by atoms with Crippen LogP contribution < -0.4 is 0 Å². The van der Waals surface area contributed by atoms with Crippen molar-refractivity contribution in [2.75, 3.05) is 0 Å². The predicted molar refractivity (Wildman–Crippen MR) is 75.8 cm³/mol. The third-order valence-corrected chi connectivity index (χ3v) is 3.83. The molecule has 2 aromatic heterocycles. The van der Waals surface area contributed by atoms with Gasteiger partial charge in [-0.3, -0.25) is 9.78 Å². The molecule has 0 aliphatic heterocycles. The lowest BCUT2D eigenvalue weighted by atomic mass is 10.2. The number of carbonyl (C=O) groups excluding carboxylic acids is 1. The number of halogens is 1. The van der Waals surface area contributed by atoms with E-state index in [1.807, 2.05) is 19.1 Å². The Bertz CT molecular complexity index is 561. The van der Waals surface area contributed by atoms with Crippen LogP contribution in [0.15, 0.2) is 29.0 Å². The van der Waals surface area contributed by atoms with Gasteiger partial charge >= 0.3 is 0 Å². The molecule has 0 fully saturated rings. The quantitative estimate of drug-likeness (QED) is 0.804. The molecule has 4 heteroatoms. The lowest BCUT2D eigenvalue weighted by Gasteiger charge is -2.10. The summed E-state index contributed by atoms with van der Waals surface area (Å²) in [5.41, 5.74) is 3.86. The van der Waals surface area contributed by atoms with Crippen molar-refractivity contribution < 1.29 is 4.79 Å². The first-order chi connectivity index (χ1) is 8.70. The van der Waals surface area contributed by atoms with Crippen molar-refractivity contribution in [2.45, 2.75) is 26.8 Å². The molecule has 0 bridgehead atoms. The zero-order valence-electron chi connectivity index (χ0n) is 10.5. The standard InChI is InChI=1S/C14H15BrN2O/c1-3-8-17-10(2)12(9-18)13(15)14(17)11-4-6-16-7-5-11/h4-7,9H,3,8H2,1-2H3. The first-order valence-electron chi connectivity index (χ1n) is 5.94. The zero-order valence-corrected chi connectivity index (χ0v) is 12.1. The van der Waals surface area contributed by atoms with E-state index in [9.17, 15) is 4.79 Å². The van der Waals surface area contributed by atoms with E-state index >= 15 is 0 Å². The van der Waals surface area contributed by atoms with Gasteiger partial charge in [-0.15, -0.1) is 0 Å². The highest BCUT2D eigenvalue weighted by molar-refractivity contribution is 9.10. The monoisotopic (exact) mass is 306 g/mol. The Morgan fingerprint density at radius 3 is 2.61 bits per heavy atom. The maximum absolute atomic E-state index is 11.2. The fraction of sp³-hybridized carbons (Fsp3) is 0.286. The Morgan fingerprint density at radius 2 is 2.06 bits per heavy atom. The van der Waals surface area contributed by atoms with Crippen LogP contribution in [0.25, 0.3) is 11.3 Å². The van der Waals surface area contributed by atoms with Gasteiger partial charge in [-0.05, 0) is 41.4 Å². The van der Waals surface area contributed by atoms with Gasteiger partial charge in [0.05, 0.1) is 10.2 Å². The minimum absolute atomic E-state index is 0.732. The fourth-order valence-corrected chi connectivity index (χ4v) is 2.97. The van der Waals surface area contributed by atoms with E-state index in [0.717, 1.165) is 46.2 Å². The minimum atomic E-state index is 0.732. The molecule has 18 heavy (non-hydrogen) atoms. The van der Waals surface area contributed by atoms with Crippen LogP contribution in [-0.4, -0.2) is 15.8 Å². The van der Waals surface area contributed by atoms with Crippen LogP contribution in [0.2, 0.25) is 0 Å². The number of pyridine rings is 1. The predicted octanol–water partition coefficient (Wildman–Crippen LogP) is 3.84. The number of aromatic nitrogens is 2. The van der Waals surface area contributed by atoms with Crippen molar-refractivity contribution in [2.24, 2.45) is 0 Å². The van der Waals surface area contributed by atoms with Crippen molar-refractivity contribution in [3.63, 3.8) is 0 Å². The van der Waals surface area contributed by atoms with Gasteiger partial charge in [0, 0.05) is 35.8 Å². The van der Waals surface area contributed by atoms with E-state index in [1.54, 1.807) is 12.4 Å². The second-order valence-electron chi connectivity index (χ2n) is 4.17. The molecule has 0 radical (unpaired) electrons. The maximum Gasteiger partial charge on any atom is 0.153 e. The molecule has 0 saturated heterocycles. The Balaban J connectivity index is 2.69. The van der Waals surface area contributed by atoms with Gasteiger partial charge in [-0.25, -0.2) is 0 Å². The summed E-state index contributed by atoms with van der Waals surface area (Å²) < 4.78 is 3.05. The summed E-state index contributed by atoms with van der Waals surface area (Å²) in [4.78, 5) is 15.2. The SMILES string of the molecule is CCCn1c(C)c(C=O)c(Br)c1-c1ccncc1. The highest BCUT2D eigenvalue weighted by Gasteiger charge is 2.18. The summed E-state index contributed by atoms with van der Waals surface area (Å²) in [7, 11) is 0. The number of nitrogens with zero attached hydrogens (tertiary/aromatic N) is 2. The van der Waals surface area contributed by atoms with Gasteiger partial charge in [0.1, 0.15) is 0 Å². The van der Waals surface area contributed by atoms with Crippen LogP contribution in [0.4, 0.5) is 0 Å². The number of rotatable bonds is 4. The van der Waals surface area contributed by atoms with Crippen molar-refractivity contribution in [3.05, 3.63) is 40.3 Å². The van der Waals surface area contributed by atoms with Crippen LogP contribution >= 0.6 is 15.9 Å². The fourth-order valence-electron chi connectivity index (χ4n) is 2.15. The molecule has 0 aromatic carbocycles. The average Bonchev–Trinajstić information content (AvgIpc) is 2.62. The lowest BCUT2D eigenvalue weighted by molar-refractivity contribution is 0.112. The summed E-state index contributed by atoms with van der Waals surface area (Å²) in [6.45, 7) is 5.01. The molecule has 0 saturated carbocycles. The van der Waals surface area contributed by atoms with Crippen LogP contribution in [-0.2, 0) is 6.54 Å². The molecule has 2 rings (SSSR count). The van der Waals surface area contributed by atoms with E-state index in [2.05, 4.69) is 32.4 Å². The first kappa shape index (κ1) is 13.0. The van der Waals surface area contributed by atoms with Crippen molar-refractivity contribution >= 4 is 22.2 Å². The van der Waals surface area contributed by atoms with Crippen molar-refractivity contribution in [1.82, 2.24) is 9.55 Å². The summed E-state index contributed by atoms with van der Waals surface area (Å²) in [6.07, 6.45) is 5.47. The van der Waals surface area contributed by atoms with E-state index < -0.39 is 0 Å². The van der Waals surface area contributed by atoms with Gasteiger partial charge in [0.2, 0.25) is 0 Å². The molecule has 0 aliphatic rings. The minimum Gasteiger partial charge on any atom is -0.343 e. The third kappa shape index (κ3) is 2.12. The maximum atomic E-state index is 11.2. The second kappa shape index (κ2) is 5.48. The number of hydrogen-bond acceptors (Lipinski definition) is 2. The molecule has 0 aliphatic carbocycles. The largest absolute Gasteiger partial charge is 0.343 e. The van der Waals surface area contributed by atoms with Crippen LogP contribution in [0.1, 0.15) is 29.4 Å². The molecule has 2 aromatic rings. The van der Waals surface area contributed by atoms with Crippen LogP contribution in [0.3, 0.4) is 0 Å². The van der Waals surface area contributed by atoms with Gasteiger partial charge in [-0.2, -0.15) is 0 Å². The number of hydrogen-bond donors (Lipinski definition) is 0. The van der Waals surface area contributed by atoms with E-state index in [1.165, 1.54) is 0 Å². The summed E-state index contributed by atoms with van der Waals surface area (Å²) >= 11 is 3.55. The molecule has 0 spiro atoms. The Hall–Kier alpha value is -1.42. The number of carbonyl (C=O) groups is 1. The molecule has 94 valence electrons. The first-order valence-corrected chi connectivity index (χ1v) is 6.74. The topological polar surface area (TPSA) is 34.9 Å². The third-order valence-electron chi connectivity index (χ3n) is 3.03. The molecular weight excluding hydrogens is 292 g/mol. The summed E-state index contributed by atoms with van der Waals surface area (Å²) in [5.74, 6) is 0. The molecule has 0 unspecified atom stereocenters. The Kier molecular flexibility index (Phi) is 3.97. The summed E-state index contributed by atoms with van der Waals surface area (Å²) in [6, 6.07) is 3.92. The van der Waals surface area contributed by atoms with Crippen LogP contribution in [0, 0.1) is 6.92 Å². The highest BCUT2D eigenvalue weighted by Crippen LogP contribution is 2.35. The molecule has 3 nitrogen and oxygen atoms in total. The zero-order chi connectivity index (χ0) is 13.1. The smallest absolute Gasteiger partial charge is 0.153 e. The Labute approximate surface area is 115 Å². The Morgan fingerprint density at radius 1 is 1.39 bits per heavy atom. The normalized spacial score (nSPS) is 10.6. The molecule has 0 amide bonds. The molecule has 2 heterocycles. The highest BCUT2D eigenvalue weighted by atomic mass is 79.9. The van der Waals surface area contributed by atoms with E-state index in [-0.39, 0.29) is 0 Å². The average molecular weight is 307 g/mol. The van der Waals surface area contributed by atoms with Crippen molar-refractivity contribution in [3.8, 4) is 11.3 Å². The van der Waals surface area contributed by atoms with Gasteiger partial charge in [0.25, 0.3) is 0 Å². The van der Waals surface area contributed by atoms with E-state index in [4.69, 9.17) is 0 Å². The molecule has 0 atom stereocenters. The van der Waals surface area contributed by atoms with Gasteiger partial charge in [-0.1, -0.05) is 6.92 Å². The van der Waals surface area contributed by atoms with E-state index in [0.29, 0.717) is 0 Å². The molecular formula is C14H15BrN2O. The molecule has 0 N–H and O–H groups in total. The van der Waals surface area contributed by atoms with Gasteiger partial charge in [0.15, 0.2) is 6.29 Å². The van der Waals surface area contributed by atoms with Gasteiger partial charge < -0.3 is 4.57 Å². The second-order valence-corrected chi connectivity index (χ2v) is 4.96.